The number of hydrogen-bond donors (Lipinski definition) is 2. The molecule has 0 aliphatic heterocycles. The lowest BCUT2D eigenvalue weighted by Gasteiger charge is -2.37. The molecule has 0 radical (unpaired) electrons. The molecule has 0 saturated heterocycles. The van der Waals surface area contributed by atoms with Crippen LogP contribution in [0.3, 0.4) is 0 Å². The molecule has 0 aromatic carbocycles. The van der Waals surface area contributed by atoms with Gasteiger partial charge in [0.1, 0.15) is 0 Å². The summed E-state index contributed by atoms with van der Waals surface area (Å²) in [5, 5.41) is 0.0577. The zero-order chi connectivity index (χ0) is 12.5. The van der Waals surface area contributed by atoms with Crippen LogP contribution in [0.1, 0.15) is 26.2 Å². The van der Waals surface area contributed by atoms with E-state index >= 15 is 0 Å². The average molecular weight is 295 g/mol. The van der Waals surface area contributed by atoms with Gasteiger partial charge < -0.3 is 10.3 Å². The molecule has 1 fully saturated rings. The SMILES string of the molecule is CCn1cnc(S(=O)(=O)NCC2(N)CCC2)c1.Cl. The molecule has 1 aliphatic carbocycles. The van der Waals surface area contributed by atoms with Gasteiger partial charge in [0.2, 0.25) is 0 Å². The van der Waals surface area contributed by atoms with Gasteiger partial charge >= 0.3 is 0 Å². The minimum atomic E-state index is -3.52. The number of nitrogens with one attached hydrogen (secondary N) is 1. The third kappa shape index (κ3) is 3.23. The van der Waals surface area contributed by atoms with Crippen LogP contribution in [0.5, 0.6) is 0 Å². The van der Waals surface area contributed by atoms with Crippen LogP contribution in [-0.4, -0.2) is 30.1 Å². The van der Waals surface area contributed by atoms with Crippen molar-refractivity contribution in [3.05, 3.63) is 12.5 Å². The molecular formula is C10H19ClN4O2S. The van der Waals surface area contributed by atoms with Crippen LogP contribution in [0.4, 0.5) is 0 Å². The first-order valence-corrected chi connectivity index (χ1v) is 7.24. The van der Waals surface area contributed by atoms with Crippen molar-refractivity contribution >= 4 is 22.4 Å². The topological polar surface area (TPSA) is 90.0 Å². The van der Waals surface area contributed by atoms with Crippen molar-refractivity contribution in [2.75, 3.05) is 6.54 Å². The molecule has 0 spiro atoms. The molecule has 104 valence electrons. The number of aryl methyl sites for hydroxylation is 1. The van der Waals surface area contributed by atoms with E-state index < -0.39 is 10.0 Å². The van der Waals surface area contributed by atoms with E-state index in [0.29, 0.717) is 6.54 Å². The third-order valence-corrected chi connectivity index (χ3v) is 4.50. The summed E-state index contributed by atoms with van der Waals surface area (Å²) in [5.41, 5.74) is 5.61. The van der Waals surface area contributed by atoms with Crippen molar-refractivity contribution in [1.82, 2.24) is 14.3 Å². The Morgan fingerprint density at radius 2 is 2.22 bits per heavy atom. The fourth-order valence-electron chi connectivity index (χ4n) is 1.77. The van der Waals surface area contributed by atoms with E-state index in [1.165, 1.54) is 12.5 Å². The summed E-state index contributed by atoms with van der Waals surface area (Å²) in [5.74, 6) is 0. The number of rotatable bonds is 5. The highest BCUT2D eigenvalue weighted by molar-refractivity contribution is 7.89. The summed E-state index contributed by atoms with van der Waals surface area (Å²) in [4.78, 5) is 3.87. The van der Waals surface area contributed by atoms with Crippen molar-refractivity contribution < 1.29 is 8.42 Å². The summed E-state index contributed by atoms with van der Waals surface area (Å²) in [6.45, 7) is 2.91. The molecule has 1 aromatic rings. The highest BCUT2D eigenvalue weighted by Gasteiger charge is 2.34. The number of aromatic nitrogens is 2. The first-order valence-electron chi connectivity index (χ1n) is 5.75. The van der Waals surface area contributed by atoms with E-state index in [2.05, 4.69) is 9.71 Å². The van der Waals surface area contributed by atoms with Gasteiger partial charge in [0, 0.05) is 24.8 Å². The Morgan fingerprint density at radius 3 is 2.67 bits per heavy atom. The van der Waals surface area contributed by atoms with Gasteiger partial charge in [0.25, 0.3) is 10.0 Å². The van der Waals surface area contributed by atoms with Crippen LogP contribution in [0.25, 0.3) is 0 Å². The van der Waals surface area contributed by atoms with E-state index in [1.54, 1.807) is 4.57 Å². The molecule has 1 saturated carbocycles. The van der Waals surface area contributed by atoms with Gasteiger partial charge in [-0.05, 0) is 26.2 Å². The van der Waals surface area contributed by atoms with E-state index in [-0.39, 0.29) is 29.5 Å². The predicted molar refractivity (Wildman–Crippen MR) is 71.1 cm³/mol. The molecule has 1 aliphatic rings. The molecule has 0 atom stereocenters. The second-order valence-corrected chi connectivity index (χ2v) is 6.30. The first kappa shape index (κ1) is 15.4. The van der Waals surface area contributed by atoms with Crippen molar-refractivity contribution in [1.29, 1.82) is 0 Å². The van der Waals surface area contributed by atoms with E-state index in [0.717, 1.165) is 19.3 Å². The van der Waals surface area contributed by atoms with Crippen molar-refractivity contribution in [3.63, 3.8) is 0 Å². The number of hydrogen-bond acceptors (Lipinski definition) is 4. The maximum atomic E-state index is 11.9. The van der Waals surface area contributed by atoms with Crippen LogP contribution < -0.4 is 10.5 Å². The fraction of sp³-hybridized carbons (Fsp3) is 0.700. The third-order valence-electron chi connectivity index (χ3n) is 3.21. The van der Waals surface area contributed by atoms with Crippen molar-refractivity contribution in [2.45, 2.75) is 43.3 Å². The zero-order valence-corrected chi connectivity index (χ0v) is 11.9. The molecule has 3 N–H and O–H groups in total. The van der Waals surface area contributed by atoms with E-state index in [4.69, 9.17) is 5.73 Å². The molecule has 0 amide bonds. The maximum absolute atomic E-state index is 11.9. The number of halogens is 1. The quantitative estimate of drug-likeness (QED) is 0.827. The second kappa shape index (κ2) is 5.56. The van der Waals surface area contributed by atoms with Crippen molar-refractivity contribution in [3.8, 4) is 0 Å². The van der Waals surface area contributed by atoms with Crippen molar-refractivity contribution in [2.24, 2.45) is 5.73 Å². The lowest BCUT2D eigenvalue weighted by Crippen LogP contribution is -2.54. The minimum absolute atomic E-state index is 0. The smallest absolute Gasteiger partial charge is 0.259 e. The maximum Gasteiger partial charge on any atom is 0.259 e. The largest absolute Gasteiger partial charge is 0.336 e. The summed E-state index contributed by atoms with van der Waals surface area (Å²) in [6, 6.07) is 0. The summed E-state index contributed by atoms with van der Waals surface area (Å²) in [7, 11) is -3.52. The fourth-order valence-corrected chi connectivity index (χ4v) is 2.86. The van der Waals surface area contributed by atoms with Gasteiger partial charge in [0.05, 0.1) is 6.33 Å². The standard InChI is InChI=1S/C10H18N4O2S.ClH/c1-2-14-6-9(12-8-14)17(15,16)13-7-10(11)4-3-5-10;/h6,8,13H,2-5,7,11H2,1H3;1H. The Hall–Kier alpha value is -0.630. The lowest BCUT2D eigenvalue weighted by atomic mass is 9.78. The predicted octanol–water partition coefficient (Wildman–Crippen LogP) is 0.484. The Bertz CT molecular complexity index is 496. The van der Waals surface area contributed by atoms with Crippen LogP contribution >= 0.6 is 12.4 Å². The van der Waals surface area contributed by atoms with Gasteiger partial charge in [-0.3, -0.25) is 0 Å². The Morgan fingerprint density at radius 1 is 1.56 bits per heavy atom. The molecule has 0 unspecified atom stereocenters. The summed E-state index contributed by atoms with van der Waals surface area (Å²) < 4.78 is 28.1. The van der Waals surface area contributed by atoms with Gasteiger partial charge in [-0.2, -0.15) is 0 Å². The zero-order valence-electron chi connectivity index (χ0n) is 10.3. The van der Waals surface area contributed by atoms with Crippen LogP contribution in [0.15, 0.2) is 17.6 Å². The lowest BCUT2D eigenvalue weighted by molar-refractivity contribution is 0.251. The number of nitrogens with zero attached hydrogens (tertiary/aromatic N) is 2. The second-order valence-electron chi connectivity index (χ2n) is 4.58. The van der Waals surface area contributed by atoms with Gasteiger partial charge in [-0.25, -0.2) is 18.1 Å². The van der Waals surface area contributed by atoms with E-state index in [9.17, 15) is 8.42 Å². The van der Waals surface area contributed by atoms with Gasteiger partial charge in [0.15, 0.2) is 5.03 Å². The summed E-state index contributed by atoms with van der Waals surface area (Å²) >= 11 is 0. The first-order chi connectivity index (χ1) is 7.95. The number of nitrogens with two attached hydrogens (primary N) is 1. The Kier molecular flexibility index (Phi) is 4.77. The molecule has 2 rings (SSSR count). The molecule has 0 bridgehead atoms. The normalized spacial score (nSPS) is 17.9. The van der Waals surface area contributed by atoms with Crippen LogP contribution in [-0.2, 0) is 16.6 Å². The monoisotopic (exact) mass is 294 g/mol. The number of imidazole rings is 1. The highest BCUT2D eigenvalue weighted by atomic mass is 35.5. The van der Waals surface area contributed by atoms with Crippen LogP contribution in [0, 0.1) is 0 Å². The molecule has 18 heavy (non-hydrogen) atoms. The molecule has 1 aromatic heterocycles. The molecule has 8 heteroatoms. The van der Waals surface area contributed by atoms with Gasteiger partial charge in [-0.15, -0.1) is 12.4 Å². The summed E-state index contributed by atoms with van der Waals surface area (Å²) in [6.07, 6.45) is 5.85. The Balaban J connectivity index is 0.00000162. The molecular weight excluding hydrogens is 276 g/mol. The Labute approximate surface area is 113 Å². The minimum Gasteiger partial charge on any atom is -0.336 e. The molecule has 1 heterocycles. The van der Waals surface area contributed by atoms with Crippen LogP contribution in [0.2, 0.25) is 0 Å². The molecule has 6 nitrogen and oxygen atoms in total. The highest BCUT2D eigenvalue weighted by Crippen LogP contribution is 2.28. The number of sulfonamides is 1. The average Bonchev–Trinajstić information content (AvgIpc) is 2.73. The van der Waals surface area contributed by atoms with Gasteiger partial charge in [-0.1, -0.05) is 0 Å². The van der Waals surface area contributed by atoms with E-state index in [1.807, 2.05) is 6.92 Å².